The first-order valence-electron chi connectivity index (χ1n) is 7.34. The van der Waals surface area contributed by atoms with Crippen LogP contribution in [0.4, 0.5) is 4.39 Å². The van der Waals surface area contributed by atoms with Crippen LogP contribution in [0.3, 0.4) is 0 Å². The molecule has 2 aromatic carbocycles. The van der Waals surface area contributed by atoms with Gasteiger partial charge in [0.05, 0.1) is 13.5 Å². The molecule has 0 aliphatic carbocycles. The molecule has 0 spiro atoms. The molecule has 0 radical (unpaired) electrons. The molecule has 2 aromatic rings. The van der Waals surface area contributed by atoms with Crippen LogP contribution in [0.2, 0.25) is 0 Å². The largest absolute Gasteiger partial charge is 0.467 e. The SMILES string of the molecule is COC(=O)[C@@H](Cc1ccccc1Br)NC(=O)Cc1ccc(F)cc1. The maximum atomic E-state index is 12.9. The van der Waals surface area contributed by atoms with Crippen LogP contribution in [0.25, 0.3) is 0 Å². The zero-order valence-electron chi connectivity index (χ0n) is 13.1. The summed E-state index contributed by atoms with van der Waals surface area (Å²) in [7, 11) is 1.28. The summed E-state index contributed by atoms with van der Waals surface area (Å²) in [6, 6.07) is 12.3. The zero-order chi connectivity index (χ0) is 17.5. The highest BCUT2D eigenvalue weighted by atomic mass is 79.9. The molecule has 0 heterocycles. The quantitative estimate of drug-likeness (QED) is 0.767. The number of amides is 1. The summed E-state index contributed by atoms with van der Waals surface area (Å²) < 4.78 is 18.5. The molecule has 0 aromatic heterocycles. The molecule has 0 saturated heterocycles. The van der Waals surface area contributed by atoms with Crippen molar-refractivity contribution in [2.75, 3.05) is 7.11 Å². The number of nitrogens with one attached hydrogen (secondary N) is 1. The lowest BCUT2D eigenvalue weighted by atomic mass is 10.1. The maximum absolute atomic E-state index is 12.9. The summed E-state index contributed by atoms with van der Waals surface area (Å²) in [4.78, 5) is 24.1. The molecule has 1 atom stereocenters. The average molecular weight is 394 g/mol. The second kappa shape index (κ2) is 8.59. The number of benzene rings is 2. The minimum atomic E-state index is -0.790. The molecule has 2 rings (SSSR count). The first-order valence-corrected chi connectivity index (χ1v) is 8.14. The number of carbonyl (C=O) groups excluding carboxylic acids is 2. The number of ether oxygens (including phenoxy) is 1. The van der Waals surface area contributed by atoms with Crippen molar-refractivity contribution in [1.82, 2.24) is 5.32 Å². The lowest BCUT2D eigenvalue weighted by Gasteiger charge is -2.17. The first-order chi connectivity index (χ1) is 11.5. The van der Waals surface area contributed by atoms with Crippen LogP contribution in [0.1, 0.15) is 11.1 Å². The maximum Gasteiger partial charge on any atom is 0.328 e. The van der Waals surface area contributed by atoms with Crippen molar-refractivity contribution in [1.29, 1.82) is 0 Å². The molecule has 1 amide bonds. The van der Waals surface area contributed by atoms with E-state index in [1.807, 2.05) is 24.3 Å². The van der Waals surface area contributed by atoms with E-state index in [9.17, 15) is 14.0 Å². The van der Waals surface area contributed by atoms with Crippen LogP contribution < -0.4 is 5.32 Å². The average Bonchev–Trinajstić information content (AvgIpc) is 2.57. The van der Waals surface area contributed by atoms with Crippen LogP contribution in [0, 0.1) is 5.82 Å². The van der Waals surface area contributed by atoms with Crippen LogP contribution in [0.5, 0.6) is 0 Å². The van der Waals surface area contributed by atoms with Gasteiger partial charge < -0.3 is 10.1 Å². The monoisotopic (exact) mass is 393 g/mol. The van der Waals surface area contributed by atoms with Crippen molar-refractivity contribution < 1.29 is 18.7 Å². The predicted molar refractivity (Wildman–Crippen MR) is 91.9 cm³/mol. The highest BCUT2D eigenvalue weighted by molar-refractivity contribution is 9.10. The number of hydrogen-bond acceptors (Lipinski definition) is 3. The molecule has 4 nitrogen and oxygen atoms in total. The smallest absolute Gasteiger partial charge is 0.328 e. The van der Waals surface area contributed by atoms with Crippen LogP contribution in [0.15, 0.2) is 53.0 Å². The molecule has 0 saturated carbocycles. The molecule has 24 heavy (non-hydrogen) atoms. The number of hydrogen-bond donors (Lipinski definition) is 1. The van der Waals surface area contributed by atoms with Crippen LogP contribution >= 0.6 is 15.9 Å². The second-order valence-corrected chi connectivity index (χ2v) is 6.10. The minimum Gasteiger partial charge on any atom is -0.467 e. The fourth-order valence-electron chi connectivity index (χ4n) is 2.25. The Morgan fingerprint density at radius 2 is 1.83 bits per heavy atom. The Kier molecular flexibility index (Phi) is 6.49. The molecule has 1 N–H and O–H groups in total. The van der Waals surface area contributed by atoms with Crippen molar-refractivity contribution >= 4 is 27.8 Å². The van der Waals surface area contributed by atoms with E-state index in [1.165, 1.54) is 31.4 Å². The molecule has 0 bridgehead atoms. The van der Waals surface area contributed by atoms with Crippen molar-refractivity contribution in [3.8, 4) is 0 Å². The van der Waals surface area contributed by atoms with E-state index < -0.39 is 12.0 Å². The Morgan fingerprint density at radius 1 is 1.17 bits per heavy atom. The normalized spacial score (nSPS) is 11.6. The van der Waals surface area contributed by atoms with Crippen molar-refractivity contribution in [2.45, 2.75) is 18.9 Å². The van der Waals surface area contributed by atoms with Crippen LogP contribution in [-0.2, 0) is 27.2 Å². The molecule has 0 aliphatic heterocycles. The predicted octanol–water partition coefficient (Wildman–Crippen LogP) is 3.03. The van der Waals surface area contributed by atoms with Gasteiger partial charge in [-0.2, -0.15) is 0 Å². The first kappa shape index (κ1) is 18.1. The Hall–Kier alpha value is -2.21. The van der Waals surface area contributed by atoms with Crippen LogP contribution in [-0.4, -0.2) is 25.0 Å². The number of rotatable bonds is 6. The topological polar surface area (TPSA) is 55.4 Å². The number of carbonyl (C=O) groups is 2. The van der Waals surface area contributed by atoms with Gasteiger partial charge in [-0.3, -0.25) is 4.79 Å². The fourth-order valence-corrected chi connectivity index (χ4v) is 2.70. The molecule has 6 heteroatoms. The number of halogens is 2. The van der Waals surface area contributed by atoms with Gasteiger partial charge in [0.15, 0.2) is 0 Å². The summed E-state index contributed by atoms with van der Waals surface area (Å²) in [5.74, 6) is -1.21. The summed E-state index contributed by atoms with van der Waals surface area (Å²) in [6.45, 7) is 0. The van der Waals surface area contributed by atoms with E-state index in [0.29, 0.717) is 12.0 Å². The van der Waals surface area contributed by atoms with E-state index in [1.54, 1.807) is 0 Å². The van der Waals surface area contributed by atoms with Gasteiger partial charge >= 0.3 is 5.97 Å². The number of methoxy groups -OCH3 is 1. The van der Waals surface area contributed by atoms with Gasteiger partial charge in [0, 0.05) is 10.9 Å². The standard InChI is InChI=1S/C18H17BrFNO3/c1-24-18(23)16(11-13-4-2-3-5-15(13)19)21-17(22)10-12-6-8-14(20)9-7-12/h2-9,16H,10-11H2,1H3,(H,21,22)/t16-/m1/s1. The van der Waals surface area contributed by atoms with E-state index in [4.69, 9.17) is 4.74 Å². The highest BCUT2D eigenvalue weighted by Crippen LogP contribution is 2.18. The minimum absolute atomic E-state index is 0.0593. The Morgan fingerprint density at radius 3 is 2.46 bits per heavy atom. The van der Waals surface area contributed by atoms with Gasteiger partial charge in [0.2, 0.25) is 5.91 Å². The number of esters is 1. The third-order valence-electron chi connectivity index (χ3n) is 3.48. The molecule has 0 aliphatic rings. The lowest BCUT2D eigenvalue weighted by molar-refractivity contribution is -0.145. The van der Waals surface area contributed by atoms with Gasteiger partial charge in [-0.1, -0.05) is 46.3 Å². The fraction of sp³-hybridized carbons (Fsp3) is 0.222. The molecule has 126 valence electrons. The Balaban J connectivity index is 2.05. The summed E-state index contributed by atoms with van der Waals surface area (Å²) >= 11 is 3.42. The zero-order valence-corrected chi connectivity index (χ0v) is 14.7. The van der Waals surface area contributed by atoms with Gasteiger partial charge in [-0.05, 0) is 29.3 Å². The molecular weight excluding hydrogens is 377 g/mol. The molecule has 0 unspecified atom stereocenters. The van der Waals surface area contributed by atoms with E-state index in [0.717, 1.165) is 10.0 Å². The summed E-state index contributed by atoms with van der Waals surface area (Å²) in [6.07, 6.45) is 0.368. The second-order valence-electron chi connectivity index (χ2n) is 5.24. The Bertz CT molecular complexity index is 718. The van der Waals surface area contributed by atoms with Crippen molar-refractivity contribution in [2.24, 2.45) is 0 Å². The van der Waals surface area contributed by atoms with Crippen molar-refractivity contribution in [3.63, 3.8) is 0 Å². The molecular formula is C18H17BrFNO3. The van der Waals surface area contributed by atoms with Gasteiger partial charge in [0.25, 0.3) is 0 Å². The third kappa shape index (κ3) is 5.16. The van der Waals surface area contributed by atoms with Crippen molar-refractivity contribution in [3.05, 3.63) is 69.9 Å². The van der Waals surface area contributed by atoms with Gasteiger partial charge in [-0.15, -0.1) is 0 Å². The van der Waals surface area contributed by atoms with E-state index in [-0.39, 0.29) is 18.1 Å². The lowest BCUT2D eigenvalue weighted by Crippen LogP contribution is -2.43. The Labute approximate surface area is 148 Å². The van der Waals surface area contributed by atoms with Gasteiger partial charge in [0.1, 0.15) is 11.9 Å². The van der Waals surface area contributed by atoms with Gasteiger partial charge in [-0.25, -0.2) is 9.18 Å². The third-order valence-corrected chi connectivity index (χ3v) is 4.25. The summed E-state index contributed by atoms with van der Waals surface area (Å²) in [5.41, 5.74) is 1.55. The molecule has 0 fully saturated rings. The van der Waals surface area contributed by atoms with E-state index in [2.05, 4.69) is 21.2 Å². The summed E-state index contributed by atoms with van der Waals surface area (Å²) in [5, 5.41) is 2.68. The van der Waals surface area contributed by atoms with E-state index >= 15 is 0 Å². The highest BCUT2D eigenvalue weighted by Gasteiger charge is 2.22.